The predicted octanol–water partition coefficient (Wildman–Crippen LogP) is 3.63. The number of para-hydroxylation sites is 1. The number of hydrogen-bond acceptors (Lipinski definition) is 5. The monoisotopic (exact) mass is 424 g/mol. The molecule has 1 saturated carbocycles. The van der Waals surface area contributed by atoms with Crippen LogP contribution in [0.2, 0.25) is 0 Å². The maximum absolute atomic E-state index is 12.2. The van der Waals surface area contributed by atoms with E-state index in [1.807, 2.05) is 0 Å². The van der Waals surface area contributed by atoms with Gasteiger partial charge in [0.1, 0.15) is 16.4 Å². The number of sulfone groups is 1. The number of nitrogens with one attached hydrogen (secondary N) is 2. The number of rotatable bonds is 9. The Kier molecular flexibility index (Phi) is 7.86. The molecule has 0 aliphatic heterocycles. The van der Waals surface area contributed by atoms with Crippen molar-refractivity contribution in [2.75, 3.05) is 24.2 Å². The minimum atomic E-state index is -3.37. The van der Waals surface area contributed by atoms with Crippen molar-refractivity contribution in [1.82, 2.24) is 5.32 Å². The fourth-order valence-corrected chi connectivity index (χ4v) is 3.61. The summed E-state index contributed by atoms with van der Waals surface area (Å²) in [5.74, 6) is 1.43. The normalized spacial score (nSPS) is 13.5. The van der Waals surface area contributed by atoms with Crippen molar-refractivity contribution in [3.8, 4) is 11.5 Å². The predicted molar refractivity (Wildman–Crippen MR) is 112 cm³/mol. The number of hydrogen-bond donors (Lipinski definition) is 2. The molecule has 0 aromatic heterocycles. The molecule has 0 spiro atoms. The highest BCUT2D eigenvalue weighted by atomic mass is 35.5. The Balaban J connectivity index is 0.00000280. The highest BCUT2D eigenvalue weighted by Crippen LogP contribution is 2.30. The molecular formula is C20H25ClN2O4S. The molecule has 2 aromatic carbocycles. The first-order chi connectivity index (χ1) is 13.0. The third kappa shape index (κ3) is 6.22. The molecule has 1 fully saturated rings. The molecule has 152 valence electrons. The lowest BCUT2D eigenvalue weighted by Gasteiger charge is -2.12. The SMILES string of the molecule is CCS(=O)(=O)c1ccccc1Oc1ccc(NC(=O)CNCC2CC2)cc1.Cl. The van der Waals surface area contributed by atoms with E-state index in [0.717, 1.165) is 12.5 Å². The summed E-state index contributed by atoms with van der Waals surface area (Å²) in [5, 5.41) is 5.96. The van der Waals surface area contributed by atoms with Gasteiger partial charge in [-0.25, -0.2) is 8.42 Å². The standard InChI is InChI=1S/C20H24N2O4S.ClH/c1-2-27(24,25)19-6-4-3-5-18(19)26-17-11-9-16(10-12-17)22-20(23)14-21-13-15-7-8-15;/h3-6,9-12,15,21H,2,7-8,13-14H2,1H3,(H,22,23);1H. The zero-order valence-electron chi connectivity index (χ0n) is 15.7. The number of ether oxygens (including phenoxy) is 1. The second-order valence-electron chi connectivity index (χ2n) is 6.60. The molecule has 3 rings (SSSR count). The van der Waals surface area contributed by atoms with Crippen LogP contribution in [0.15, 0.2) is 53.4 Å². The summed E-state index contributed by atoms with van der Waals surface area (Å²) >= 11 is 0. The van der Waals surface area contributed by atoms with Crippen LogP contribution in [0.3, 0.4) is 0 Å². The van der Waals surface area contributed by atoms with Gasteiger partial charge < -0.3 is 15.4 Å². The maximum atomic E-state index is 12.2. The minimum Gasteiger partial charge on any atom is -0.456 e. The van der Waals surface area contributed by atoms with Gasteiger partial charge in [-0.3, -0.25) is 4.79 Å². The third-order valence-electron chi connectivity index (χ3n) is 4.35. The molecule has 0 bridgehead atoms. The van der Waals surface area contributed by atoms with Gasteiger partial charge in [-0.1, -0.05) is 19.1 Å². The fourth-order valence-electron chi connectivity index (χ4n) is 2.60. The Bertz CT molecular complexity index is 897. The van der Waals surface area contributed by atoms with E-state index >= 15 is 0 Å². The first-order valence-corrected chi connectivity index (χ1v) is 10.7. The lowest BCUT2D eigenvalue weighted by Crippen LogP contribution is -2.29. The van der Waals surface area contributed by atoms with Crippen LogP contribution in [0.1, 0.15) is 19.8 Å². The van der Waals surface area contributed by atoms with Crippen LogP contribution in [0.5, 0.6) is 11.5 Å². The average Bonchev–Trinajstić information content (AvgIpc) is 3.48. The van der Waals surface area contributed by atoms with Crippen LogP contribution in [-0.4, -0.2) is 33.2 Å². The minimum absolute atomic E-state index is 0. The van der Waals surface area contributed by atoms with E-state index in [2.05, 4.69) is 10.6 Å². The van der Waals surface area contributed by atoms with Crippen LogP contribution in [-0.2, 0) is 14.6 Å². The molecule has 0 saturated heterocycles. The van der Waals surface area contributed by atoms with Gasteiger partial charge >= 0.3 is 0 Å². The van der Waals surface area contributed by atoms with Gasteiger partial charge in [-0.2, -0.15) is 0 Å². The molecule has 1 amide bonds. The molecule has 28 heavy (non-hydrogen) atoms. The van der Waals surface area contributed by atoms with Gasteiger partial charge in [-0.15, -0.1) is 12.4 Å². The van der Waals surface area contributed by atoms with Gasteiger partial charge in [0, 0.05) is 5.69 Å². The molecule has 2 N–H and O–H groups in total. The molecule has 0 heterocycles. The van der Waals surface area contributed by atoms with Crippen LogP contribution < -0.4 is 15.4 Å². The average molecular weight is 425 g/mol. The Morgan fingerprint density at radius 1 is 1.11 bits per heavy atom. The lowest BCUT2D eigenvalue weighted by molar-refractivity contribution is -0.115. The van der Waals surface area contributed by atoms with E-state index in [9.17, 15) is 13.2 Å². The second-order valence-corrected chi connectivity index (χ2v) is 8.85. The van der Waals surface area contributed by atoms with Crippen LogP contribution in [0.25, 0.3) is 0 Å². The summed E-state index contributed by atoms with van der Waals surface area (Å²) < 4.78 is 30.1. The quantitative estimate of drug-likeness (QED) is 0.642. The first-order valence-electron chi connectivity index (χ1n) is 9.08. The summed E-state index contributed by atoms with van der Waals surface area (Å²) in [6, 6.07) is 13.4. The van der Waals surface area contributed by atoms with Crippen molar-refractivity contribution in [1.29, 1.82) is 0 Å². The molecule has 0 atom stereocenters. The first kappa shape index (κ1) is 22.2. The summed E-state index contributed by atoms with van der Waals surface area (Å²) in [5.41, 5.74) is 0.662. The van der Waals surface area contributed by atoms with Gasteiger partial charge in [0.2, 0.25) is 5.91 Å². The van der Waals surface area contributed by atoms with Crippen LogP contribution in [0.4, 0.5) is 5.69 Å². The summed E-state index contributed by atoms with van der Waals surface area (Å²) in [4.78, 5) is 12.1. The van der Waals surface area contributed by atoms with Gasteiger partial charge in [0.05, 0.1) is 12.3 Å². The topological polar surface area (TPSA) is 84.5 Å². The van der Waals surface area contributed by atoms with Crippen molar-refractivity contribution in [3.05, 3.63) is 48.5 Å². The van der Waals surface area contributed by atoms with E-state index < -0.39 is 9.84 Å². The second kappa shape index (κ2) is 9.91. The van der Waals surface area contributed by atoms with Crippen LogP contribution >= 0.6 is 12.4 Å². The van der Waals surface area contributed by atoms with E-state index in [0.29, 0.717) is 17.2 Å². The van der Waals surface area contributed by atoms with Gasteiger partial charge in [0.25, 0.3) is 0 Å². The van der Waals surface area contributed by atoms with E-state index in [1.165, 1.54) is 18.9 Å². The Morgan fingerprint density at radius 2 is 1.79 bits per heavy atom. The van der Waals surface area contributed by atoms with Crippen molar-refractivity contribution < 1.29 is 17.9 Å². The summed E-state index contributed by atoms with van der Waals surface area (Å²) in [6.07, 6.45) is 2.50. The molecule has 1 aliphatic rings. The lowest BCUT2D eigenvalue weighted by atomic mass is 10.3. The van der Waals surface area contributed by atoms with Crippen molar-refractivity contribution in [3.63, 3.8) is 0 Å². The number of anilines is 1. The molecule has 1 aliphatic carbocycles. The summed E-state index contributed by atoms with van der Waals surface area (Å²) in [7, 11) is -3.37. The van der Waals surface area contributed by atoms with Crippen molar-refractivity contribution in [2.24, 2.45) is 5.92 Å². The highest BCUT2D eigenvalue weighted by molar-refractivity contribution is 7.91. The van der Waals surface area contributed by atoms with E-state index in [1.54, 1.807) is 49.4 Å². The van der Waals surface area contributed by atoms with Crippen molar-refractivity contribution in [2.45, 2.75) is 24.7 Å². The fraction of sp³-hybridized carbons (Fsp3) is 0.350. The van der Waals surface area contributed by atoms with Gasteiger partial charge in [0.15, 0.2) is 9.84 Å². The zero-order chi connectivity index (χ0) is 19.3. The number of amides is 1. The van der Waals surface area contributed by atoms with Crippen molar-refractivity contribution >= 4 is 33.8 Å². The number of carbonyl (C=O) groups is 1. The Morgan fingerprint density at radius 3 is 2.43 bits per heavy atom. The highest BCUT2D eigenvalue weighted by Gasteiger charge is 2.20. The molecular weight excluding hydrogens is 400 g/mol. The van der Waals surface area contributed by atoms with Crippen LogP contribution in [0, 0.1) is 5.92 Å². The molecule has 0 radical (unpaired) electrons. The Hall–Kier alpha value is -2.09. The number of halogens is 1. The summed E-state index contributed by atoms with van der Waals surface area (Å²) in [6.45, 7) is 2.78. The molecule has 2 aromatic rings. The van der Waals surface area contributed by atoms with E-state index in [4.69, 9.17) is 4.74 Å². The van der Waals surface area contributed by atoms with E-state index in [-0.39, 0.29) is 35.5 Å². The molecule has 8 heteroatoms. The smallest absolute Gasteiger partial charge is 0.238 e. The third-order valence-corrected chi connectivity index (χ3v) is 6.11. The maximum Gasteiger partial charge on any atom is 0.238 e. The Labute approximate surface area is 172 Å². The molecule has 0 unspecified atom stereocenters. The number of carbonyl (C=O) groups excluding carboxylic acids is 1. The zero-order valence-corrected chi connectivity index (χ0v) is 17.3. The molecule has 6 nitrogen and oxygen atoms in total. The largest absolute Gasteiger partial charge is 0.456 e. The van der Waals surface area contributed by atoms with Gasteiger partial charge in [-0.05, 0) is 61.7 Å². The number of benzene rings is 2.